The summed E-state index contributed by atoms with van der Waals surface area (Å²) in [5.74, 6) is 0.426. The lowest BCUT2D eigenvalue weighted by Gasteiger charge is -2.08. The van der Waals surface area contributed by atoms with Gasteiger partial charge in [0.2, 0.25) is 0 Å². The molecule has 4 aromatic rings. The number of aryl methyl sites for hydroxylation is 1. The van der Waals surface area contributed by atoms with Gasteiger partial charge in [-0.2, -0.15) is 0 Å². The van der Waals surface area contributed by atoms with Gasteiger partial charge in [-0.25, -0.2) is 4.98 Å². The topological polar surface area (TPSA) is 77.0 Å². The van der Waals surface area contributed by atoms with Gasteiger partial charge in [0.25, 0.3) is 5.91 Å². The molecule has 1 N–H and O–H groups in total. The highest BCUT2D eigenvalue weighted by atomic mass is 32.1. The lowest BCUT2D eigenvalue weighted by molar-refractivity contribution is 0.102. The zero-order valence-corrected chi connectivity index (χ0v) is 16.7. The average Bonchev–Trinajstić information content (AvgIpc) is 3.23. The van der Waals surface area contributed by atoms with Crippen LogP contribution in [0.4, 0.5) is 5.13 Å². The van der Waals surface area contributed by atoms with Gasteiger partial charge in [-0.05, 0) is 31.2 Å². The fourth-order valence-corrected chi connectivity index (χ4v) is 3.50. The number of hydrogen-bond donors (Lipinski definition) is 1. The van der Waals surface area contributed by atoms with E-state index in [0.717, 1.165) is 11.1 Å². The van der Waals surface area contributed by atoms with Gasteiger partial charge in [0.15, 0.2) is 5.13 Å². The zero-order chi connectivity index (χ0) is 20.2. The molecule has 0 saturated heterocycles. The molecular formula is C22H18N4O2S. The molecular weight excluding hydrogens is 384 g/mol. The Bertz CT molecular complexity index is 1140. The van der Waals surface area contributed by atoms with E-state index in [1.165, 1.54) is 11.3 Å². The first-order chi connectivity index (χ1) is 14.1. The van der Waals surface area contributed by atoms with Crippen LogP contribution in [0, 0.1) is 6.92 Å². The Morgan fingerprint density at radius 2 is 1.86 bits per heavy atom. The number of nitrogens with zero attached hydrogens (tertiary/aromatic N) is 3. The van der Waals surface area contributed by atoms with E-state index in [-0.39, 0.29) is 5.91 Å². The quantitative estimate of drug-likeness (QED) is 0.517. The summed E-state index contributed by atoms with van der Waals surface area (Å²) in [5, 5.41) is 5.23. The molecule has 0 spiro atoms. The third kappa shape index (κ3) is 4.14. The number of methoxy groups -OCH3 is 1. The summed E-state index contributed by atoms with van der Waals surface area (Å²) in [7, 11) is 1.59. The first kappa shape index (κ1) is 18.8. The largest absolute Gasteiger partial charge is 0.495 e. The lowest BCUT2D eigenvalue weighted by Crippen LogP contribution is -2.13. The molecule has 0 unspecified atom stereocenters. The molecule has 0 radical (unpaired) electrons. The van der Waals surface area contributed by atoms with Crippen molar-refractivity contribution >= 4 is 22.4 Å². The summed E-state index contributed by atoms with van der Waals surface area (Å²) < 4.78 is 5.12. The minimum atomic E-state index is -0.253. The SMILES string of the molecule is COc1ccc(-c2csc(NC(=O)c3cccnc3-c3ccc(C)cc3)n2)nc1. The summed E-state index contributed by atoms with van der Waals surface area (Å²) in [6, 6.07) is 15.1. The molecule has 29 heavy (non-hydrogen) atoms. The Morgan fingerprint density at radius 3 is 2.59 bits per heavy atom. The van der Waals surface area contributed by atoms with Crippen LogP contribution < -0.4 is 10.1 Å². The minimum absolute atomic E-state index is 0.253. The second-order valence-corrected chi connectivity index (χ2v) is 7.20. The van der Waals surface area contributed by atoms with Crippen LogP contribution in [0.3, 0.4) is 0 Å². The Labute approximate surface area is 172 Å². The number of pyridine rings is 2. The molecule has 1 aromatic carbocycles. The molecule has 3 aromatic heterocycles. The summed E-state index contributed by atoms with van der Waals surface area (Å²) in [4.78, 5) is 26.1. The molecule has 3 heterocycles. The highest BCUT2D eigenvalue weighted by molar-refractivity contribution is 7.14. The van der Waals surface area contributed by atoms with Crippen LogP contribution in [0.25, 0.3) is 22.6 Å². The van der Waals surface area contributed by atoms with Crippen molar-refractivity contribution in [1.82, 2.24) is 15.0 Å². The maximum Gasteiger partial charge on any atom is 0.259 e. The third-order valence-electron chi connectivity index (χ3n) is 4.34. The van der Waals surface area contributed by atoms with Gasteiger partial charge in [-0.1, -0.05) is 29.8 Å². The zero-order valence-electron chi connectivity index (χ0n) is 15.9. The number of amides is 1. The first-order valence-corrected chi connectivity index (χ1v) is 9.81. The molecule has 6 nitrogen and oxygen atoms in total. The van der Waals surface area contributed by atoms with E-state index in [1.807, 2.05) is 48.7 Å². The molecule has 0 bridgehead atoms. The van der Waals surface area contributed by atoms with E-state index in [4.69, 9.17) is 4.74 Å². The fourth-order valence-electron chi connectivity index (χ4n) is 2.80. The third-order valence-corrected chi connectivity index (χ3v) is 5.09. The van der Waals surface area contributed by atoms with Crippen LogP contribution in [0.15, 0.2) is 66.3 Å². The number of benzene rings is 1. The monoisotopic (exact) mass is 402 g/mol. The second kappa shape index (κ2) is 8.20. The summed E-state index contributed by atoms with van der Waals surface area (Å²) in [6.45, 7) is 2.02. The Hall–Kier alpha value is -3.58. The summed E-state index contributed by atoms with van der Waals surface area (Å²) in [5.41, 5.74) is 4.58. The predicted molar refractivity (Wildman–Crippen MR) is 114 cm³/mol. The normalized spacial score (nSPS) is 10.6. The molecule has 4 rings (SSSR count). The molecule has 1 amide bonds. The smallest absolute Gasteiger partial charge is 0.259 e. The van der Waals surface area contributed by atoms with E-state index < -0.39 is 0 Å². The maximum absolute atomic E-state index is 12.9. The van der Waals surface area contributed by atoms with Crippen LogP contribution in [0.1, 0.15) is 15.9 Å². The predicted octanol–water partition coefficient (Wildman–Crippen LogP) is 4.84. The van der Waals surface area contributed by atoms with Crippen molar-refractivity contribution in [3.63, 3.8) is 0 Å². The highest BCUT2D eigenvalue weighted by Crippen LogP contribution is 2.26. The number of ether oxygens (including phenoxy) is 1. The number of nitrogens with one attached hydrogen (secondary N) is 1. The van der Waals surface area contributed by atoms with Crippen molar-refractivity contribution in [3.8, 4) is 28.4 Å². The lowest BCUT2D eigenvalue weighted by atomic mass is 10.0. The van der Waals surface area contributed by atoms with Crippen LogP contribution in [0.5, 0.6) is 5.75 Å². The maximum atomic E-state index is 12.9. The first-order valence-electron chi connectivity index (χ1n) is 8.93. The van der Waals surface area contributed by atoms with Gasteiger partial charge in [-0.15, -0.1) is 11.3 Å². The van der Waals surface area contributed by atoms with Gasteiger partial charge in [0.1, 0.15) is 11.4 Å². The second-order valence-electron chi connectivity index (χ2n) is 6.34. The van der Waals surface area contributed by atoms with Gasteiger partial charge < -0.3 is 4.74 Å². The fraction of sp³-hybridized carbons (Fsp3) is 0.0909. The van der Waals surface area contributed by atoms with Gasteiger partial charge in [0, 0.05) is 17.1 Å². The van der Waals surface area contributed by atoms with Crippen molar-refractivity contribution in [2.75, 3.05) is 12.4 Å². The molecule has 0 saturated carbocycles. The molecule has 0 aliphatic carbocycles. The number of carbonyl (C=O) groups excluding carboxylic acids is 1. The van der Waals surface area contributed by atoms with Crippen molar-refractivity contribution in [1.29, 1.82) is 0 Å². The number of carbonyl (C=O) groups is 1. The Morgan fingerprint density at radius 1 is 1.03 bits per heavy atom. The minimum Gasteiger partial charge on any atom is -0.495 e. The van der Waals surface area contributed by atoms with Gasteiger partial charge in [0.05, 0.1) is 30.3 Å². The summed E-state index contributed by atoms with van der Waals surface area (Å²) >= 11 is 1.35. The number of aromatic nitrogens is 3. The number of anilines is 1. The van der Waals surface area contributed by atoms with Crippen LogP contribution >= 0.6 is 11.3 Å². The molecule has 0 aliphatic heterocycles. The molecule has 7 heteroatoms. The van der Waals surface area contributed by atoms with Crippen molar-refractivity contribution in [2.45, 2.75) is 6.92 Å². The van der Waals surface area contributed by atoms with Gasteiger partial charge >= 0.3 is 0 Å². The van der Waals surface area contributed by atoms with E-state index in [9.17, 15) is 4.79 Å². The Balaban J connectivity index is 1.56. The van der Waals surface area contributed by atoms with E-state index >= 15 is 0 Å². The van der Waals surface area contributed by atoms with Crippen LogP contribution in [0.2, 0.25) is 0 Å². The van der Waals surface area contributed by atoms with Crippen LogP contribution in [-0.2, 0) is 0 Å². The van der Waals surface area contributed by atoms with Crippen LogP contribution in [-0.4, -0.2) is 28.0 Å². The van der Waals surface area contributed by atoms with Crippen molar-refractivity contribution < 1.29 is 9.53 Å². The van der Waals surface area contributed by atoms with Crippen molar-refractivity contribution in [2.24, 2.45) is 0 Å². The molecule has 144 valence electrons. The average molecular weight is 402 g/mol. The molecule has 0 atom stereocenters. The van der Waals surface area contributed by atoms with E-state index in [1.54, 1.807) is 31.6 Å². The van der Waals surface area contributed by atoms with Crippen molar-refractivity contribution in [3.05, 3.63) is 77.4 Å². The standard InChI is InChI=1S/C22H18N4O2S/c1-14-5-7-15(8-6-14)20-17(4-3-11-23-20)21(27)26-22-25-19(13-29-22)18-10-9-16(28-2)12-24-18/h3-13H,1-2H3,(H,25,26,27). The summed E-state index contributed by atoms with van der Waals surface area (Å²) in [6.07, 6.45) is 3.32. The number of thiazole rings is 1. The van der Waals surface area contributed by atoms with Gasteiger partial charge in [-0.3, -0.25) is 20.1 Å². The Kier molecular flexibility index (Phi) is 5.31. The number of rotatable bonds is 5. The van der Waals surface area contributed by atoms with E-state index in [2.05, 4.69) is 20.3 Å². The van der Waals surface area contributed by atoms with E-state index in [0.29, 0.717) is 33.5 Å². The highest BCUT2D eigenvalue weighted by Gasteiger charge is 2.16. The number of hydrogen-bond acceptors (Lipinski definition) is 6. The molecule has 0 fully saturated rings. The molecule has 0 aliphatic rings.